The van der Waals surface area contributed by atoms with Crippen LogP contribution in [0.2, 0.25) is 0 Å². The molecule has 0 aromatic carbocycles. The van der Waals surface area contributed by atoms with Gasteiger partial charge in [0.2, 0.25) is 11.8 Å². The van der Waals surface area contributed by atoms with Crippen LogP contribution < -0.4 is 27.4 Å². The number of ether oxygens (including phenoxy) is 2. The van der Waals surface area contributed by atoms with Crippen LogP contribution in [0.1, 0.15) is 112 Å². The third kappa shape index (κ3) is 27.3. The first-order valence-corrected chi connectivity index (χ1v) is 15.6. The molecule has 0 aromatic rings. The number of hydrogen-bond acceptors (Lipinski definition) is 7. The summed E-state index contributed by atoms with van der Waals surface area (Å²) in [7, 11) is 0. The number of carbonyl (C=O) groups excluding carboxylic acids is 4. The monoisotopic (exact) mass is 613 g/mol. The summed E-state index contributed by atoms with van der Waals surface area (Å²) in [5.74, 6) is -0.0370. The summed E-state index contributed by atoms with van der Waals surface area (Å²) in [5.41, 5.74) is 9.39. The minimum absolute atomic E-state index is 0.0379. The topological polar surface area (TPSA) is 190 Å². The maximum Gasteiger partial charge on any atom is 0.410 e. The number of carbonyl (C=O) groups is 4. The number of unbranched alkanes of at least 4 members (excludes halogenated alkanes) is 6. The summed E-state index contributed by atoms with van der Waals surface area (Å²) in [6.45, 7) is 13.5. The van der Waals surface area contributed by atoms with Crippen molar-refractivity contribution in [1.82, 2.24) is 20.9 Å². The zero-order valence-corrected chi connectivity index (χ0v) is 27.5. The molecule has 0 unspecified atom stereocenters. The molecular formula is C30H59N7O6. The zero-order valence-electron chi connectivity index (χ0n) is 27.5. The van der Waals surface area contributed by atoms with E-state index in [4.69, 9.17) is 20.9 Å². The van der Waals surface area contributed by atoms with E-state index in [1.165, 1.54) is 0 Å². The van der Waals surface area contributed by atoms with E-state index in [-0.39, 0.29) is 24.2 Å². The third-order valence-electron chi connectivity index (χ3n) is 5.88. The van der Waals surface area contributed by atoms with Gasteiger partial charge in [-0.2, -0.15) is 0 Å². The van der Waals surface area contributed by atoms with E-state index in [0.29, 0.717) is 65.0 Å². The van der Waals surface area contributed by atoms with Crippen LogP contribution in [0, 0.1) is 0 Å². The Morgan fingerprint density at radius 3 is 1.79 bits per heavy atom. The zero-order chi connectivity index (χ0) is 32.7. The van der Waals surface area contributed by atoms with Gasteiger partial charge in [-0.1, -0.05) is 25.7 Å². The molecule has 0 saturated carbocycles. The number of aliphatic imine (C=N–C) groups is 1. The summed E-state index contributed by atoms with van der Waals surface area (Å²) in [6, 6.07) is 0. The van der Waals surface area contributed by atoms with Crippen molar-refractivity contribution in [2.24, 2.45) is 16.5 Å². The number of guanidine groups is 1. The lowest BCUT2D eigenvalue weighted by atomic mass is 10.1. The van der Waals surface area contributed by atoms with Crippen molar-refractivity contribution < 1.29 is 28.7 Å². The van der Waals surface area contributed by atoms with Gasteiger partial charge in [0.1, 0.15) is 11.2 Å². The highest BCUT2D eigenvalue weighted by Gasteiger charge is 2.22. The van der Waals surface area contributed by atoms with Crippen LogP contribution in [-0.2, 0) is 19.1 Å². The van der Waals surface area contributed by atoms with Gasteiger partial charge in [-0.05, 0) is 73.6 Å². The van der Waals surface area contributed by atoms with Crippen molar-refractivity contribution in [3.63, 3.8) is 0 Å². The lowest BCUT2D eigenvalue weighted by molar-refractivity contribution is -0.122. The Balaban J connectivity index is 4.10. The molecule has 0 aromatic heterocycles. The predicted molar refractivity (Wildman–Crippen MR) is 170 cm³/mol. The second-order valence-corrected chi connectivity index (χ2v) is 12.6. The number of rotatable bonds is 21. The summed E-state index contributed by atoms with van der Waals surface area (Å²) in [6.07, 6.45) is 7.67. The molecule has 0 aliphatic heterocycles. The van der Waals surface area contributed by atoms with Crippen molar-refractivity contribution in [3.8, 4) is 0 Å². The molecule has 13 nitrogen and oxygen atoms in total. The van der Waals surface area contributed by atoms with Crippen LogP contribution in [0.25, 0.3) is 0 Å². The minimum atomic E-state index is -0.621. The lowest BCUT2D eigenvalue weighted by Gasteiger charge is -2.27. The SMILES string of the molecule is CC(C)(C)OC(=O)NCCCN(CCCCNC(=O)CCNC(=O)CCCCCCCCN=C(N)N)C(=O)OC(C)(C)C. The number of nitrogens with two attached hydrogens (primary N) is 2. The summed E-state index contributed by atoms with van der Waals surface area (Å²) in [5, 5.41) is 8.36. The number of nitrogens with zero attached hydrogens (tertiary/aromatic N) is 2. The second kappa shape index (κ2) is 22.3. The largest absolute Gasteiger partial charge is 0.444 e. The van der Waals surface area contributed by atoms with E-state index in [9.17, 15) is 19.2 Å². The van der Waals surface area contributed by atoms with Gasteiger partial charge in [0.05, 0.1) is 0 Å². The first-order valence-electron chi connectivity index (χ1n) is 15.6. The predicted octanol–water partition coefficient (Wildman–Crippen LogP) is 3.55. The molecule has 0 heterocycles. The molecule has 0 aliphatic rings. The Morgan fingerprint density at radius 1 is 0.628 bits per heavy atom. The Bertz CT molecular complexity index is 849. The van der Waals surface area contributed by atoms with Crippen LogP contribution in [-0.4, -0.2) is 85.3 Å². The Hall–Kier alpha value is -3.25. The van der Waals surface area contributed by atoms with E-state index < -0.39 is 23.4 Å². The van der Waals surface area contributed by atoms with Gasteiger partial charge >= 0.3 is 12.2 Å². The Morgan fingerprint density at radius 2 is 1.16 bits per heavy atom. The first kappa shape index (κ1) is 39.8. The molecule has 13 heteroatoms. The molecule has 250 valence electrons. The van der Waals surface area contributed by atoms with Crippen molar-refractivity contribution >= 4 is 30.0 Å². The Kier molecular flexibility index (Phi) is 20.6. The van der Waals surface area contributed by atoms with E-state index in [1.54, 1.807) is 25.7 Å². The molecule has 0 rings (SSSR count). The van der Waals surface area contributed by atoms with E-state index in [2.05, 4.69) is 20.9 Å². The molecule has 4 amide bonds. The van der Waals surface area contributed by atoms with E-state index in [0.717, 1.165) is 38.5 Å². The second-order valence-electron chi connectivity index (χ2n) is 12.6. The fourth-order valence-electron chi connectivity index (χ4n) is 3.86. The number of nitrogens with one attached hydrogen (secondary N) is 3. The smallest absolute Gasteiger partial charge is 0.410 e. The van der Waals surface area contributed by atoms with E-state index >= 15 is 0 Å². The first-order chi connectivity index (χ1) is 20.1. The normalized spacial score (nSPS) is 11.3. The van der Waals surface area contributed by atoms with Crippen molar-refractivity contribution in [1.29, 1.82) is 0 Å². The fourth-order valence-corrected chi connectivity index (χ4v) is 3.86. The lowest BCUT2D eigenvalue weighted by Crippen LogP contribution is -2.39. The molecule has 0 saturated heterocycles. The molecule has 43 heavy (non-hydrogen) atoms. The van der Waals surface area contributed by atoms with Crippen LogP contribution >= 0.6 is 0 Å². The molecule has 0 bridgehead atoms. The average Bonchev–Trinajstić information content (AvgIpc) is 2.86. The molecule has 0 radical (unpaired) electrons. The van der Waals surface area contributed by atoms with Crippen LogP contribution in [0.15, 0.2) is 4.99 Å². The summed E-state index contributed by atoms with van der Waals surface area (Å²) >= 11 is 0. The molecule has 0 aliphatic carbocycles. The van der Waals surface area contributed by atoms with Crippen molar-refractivity contribution in [2.75, 3.05) is 39.3 Å². The highest BCUT2D eigenvalue weighted by Crippen LogP contribution is 2.11. The van der Waals surface area contributed by atoms with Crippen molar-refractivity contribution in [3.05, 3.63) is 0 Å². The maximum atomic E-state index is 12.7. The van der Waals surface area contributed by atoms with Gasteiger partial charge in [-0.3, -0.25) is 14.6 Å². The quantitative estimate of drug-likeness (QED) is 0.0737. The van der Waals surface area contributed by atoms with E-state index in [1.807, 2.05) is 20.8 Å². The van der Waals surface area contributed by atoms with Crippen LogP contribution in [0.5, 0.6) is 0 Å². The highest BCUT2D eigenvalue weighted by molar-refractivity contribution is 5.79. The van der Waals surface area contributed by atoms with Crippen LogP contribution in [0.4, 0.5) is 9.59 Å². The van der Waals surface area contributed by atoms with Gasteiger partial charge in [-0.15, -0.1) is 0 Å². The molecule has 0 atom stereocenters. The Labute approximate surface area is 258 Å². The summed E-state index contributed by atoms with van der Waals surface area (Å²) < 4.78 is 10.8. The average molecular weight is 614 g/mol. The van der Waals surface area contributed by atoms with Gasteiger partial charge in [-0.25, -0.2) is 9.59 Å². The fraction of sp³-hybridized carbons (Fsp3) is 0.833. The van der Waals surface area contributed by atoms with Gasteiger partial charge in [0.25, 0.3) is 0 Å². The number of amides is 4. The highest BCUT2D eigenvalue weighted by atomic mass is 16.6. The third-order valence-corrected chi connectivity index (χ3v) is 5.88. The molecular weight excluding hydrogens is 554 g/mol. The van der Waals surface area contributed by atoms with Gasteiger partial charge in [0.15, 0.2) is 5.96 Å². The van der Waals surface area contributed by atoms with Crippen LogP contribution in [0.3, 0.4) is 0 Å². The standard InChI is InChI=1S/C30H59N7O6/c1-29(2,3)42-27(40)36-20-15-23-37(28(41)43-30(4,5)6)22-14-13-18-33-25(39)17-21-34-24(38)16-11-9-7-8-10-12-19-35-26(31)32/h7-23H2,1-6H3,(H,33,39)(H,34,38)(H,36,40)(H4,31,32,35). The molecule has 0 spiro atoms. The van der Waals surface area contributed by atoms with Crippen molar-refractivity contribution in [2.45, 2.75) is 123 Å². The molecule has 0 fully saturated rings. The number of alkyl carbamates (subject to hydrolysis) is 1. The minimum Gasteiger partial charge on any atom is -0.444 e. The summed E-state index contributed by atoms with van der Waals surface area (Å²) in [4.78, 5) is 54.2. The molecule has 7 N–H and O–H groups in total. The van der Waals surface area contributed by atoms with Gasteiger partial charge in [0, 0.05) is 52.1 Å². The number of hydrogen-bond donors (Lipinski definition) is 5. The van der Waals surface area contributed by atoms with Gasteiger partial charge < -0.3 is 41.8 Å². The maximum absolute atomic E-state index is 12.7.